The maximum absolute atomic E-state index is 5.27. The third-order valence-electron chi connectivity index (χ3n) is 5.24. The number of tetrazole rings is 1. The lowest BCUT2D eigenvalue weighted by atomic mass is 10.1. The molecule has 0 amide bonds. The number of aromatic nitrogens is 4. The molecule has 0 N–H and O–H groups in total. The van der Waals surface area contributed by atoms with Crippen LogP contribution < -0.4 is 9.64 Å². The van der Waals surface area contributed by atoms with Crippen LogP contribution in [0.3, 0.4) is 0 Å². The van der Waals surface area contributed by atoms with Gasteiger partial charge in [0.05, 0.1) is 20.3 Å². The molecule has 1 atom stereocenters. The first-order valence-corrected chi connectivity index (χ1v) is 10.6. The summed E-state index contributed by atoms with van der Waals surface area (Å²) in [5, 5.41) is 14.6. The highest BCUT2D eigenvalue weighted by Gasteiger charge is 2.31. The summed E-state index contributed by atoms with van der Waals surface area (Å²) in [6.45, 7) is 5.01. The van der Waals surface area contributed by atoms with E-state index in [-0.39, 0.29) is 18.4 Å². The Morgan fingerprint density at radius 3 is 2.47 bits per heavy atom. The number of hydrogen-bond donors (Lipinski definition) is 0. The largest absolute Gasteiger partial charge is 0.497 e. The molecule has 30 heavy (non-hydrogen) atoms. The zero-order chi connectivity index (χ0) is 20.1. The van der Waals surface area contributed by atoms with Crippen LogP contribution >= 0.6 is 23.7 Å². The number of thiophene rings is 1. The average Bonchev–Trinajstić information content (AvgIpc) is 3.46. The summed E-state index contributed by atoms with van der Waals surface area (Å²) < 4.78 is 12.4. The minimum atomic E-state index is 0. The summed E-state index contributed by atoms with van der Waals surface area (Å²) in [5.74, 6) is 1.76. The van der Waals surface area contributed by atoms with Gasteiger partial charge in [0.2, 0.25) is 0 Å². The summed E-state index contributed by atoms with van der Waals surface area (Å²) in [6.07, 6.45) is 0. The number of methoxy groups -OCH3 is 2. The van der Waals surface area contributed by atoms with Gasteiger partial charge in [-0.15, -0.1) is 28.8 Å². The van der Waals surface area contributed by atoms with Crippen LogP contribution in [0.5, 0.6) is 5.75 Å². The van der Waals surface area contributed by atoms with Gasteiger partial charge >= 0.3 is 0 Å². The SMILES string of the molecule is COCCn1nnnc1C(c1cccs1)N1CCN(c2ccc(OC)cc2)CC1.Cl. The van der Waals surface area contributed by atoms with Crippen molar-refractivity contribution in [1.82, 2.24) is 25.1 Å². The number of benzene rings is 1. The molecule has 1 aromatic carbocycles. The summed E-state index contributed by atoms with van der Waals surface area (Å²) in [5.41, 5.74) is 1.23. The maximum atomic E-state index is 5.27. The molecule has 3 aromatic rings. The average molecular weight is 451 g/mol. The van der Waals surface area contributed by atoms with Crippen LogP contribution in [0, 0.1) is 0 Å². The standard InChI is InChI=1S/C20H26N6O2S.ClH/c1-27-14-13-26-20(21-22-23-26)19(18-4-3-15-29-18)25-11-9-24(10-12-25)16-5-7-17(28-2)8-6-16;/h3-8,15,19H,9-14H2,1-2H3;1H. The lowest BCUT2D eigenvalue weighted by molar-refractivity contribution is 0.172. The third kappa shape index (κ3) is 4.92. The molecule has 3 heterocycles. The van der Waals surface area contributed by atoms with Crippen molar-refractivity contribution in [3.05, 3.63) is 52.5 Å². The molecule has 1 saturated heterocycles. The number of hydrogen-bond acceptors (Lipinski definition) is 8. The first-order chi connectivity index (χ1) is 14.3. The van der Waals surface area contributed by atoms with Gasteiger partial charge in [0.15, 0.2) is 5.82 Å². The van der Waals surface area contributed by atoms with E-state index in [0.717, 1.165) is 37.8 Å². The quantitative estimate of drug-likeness (QED) is 0.522. The molecule has 8 nitrogen and oxygen atoms in total. The summed E-state index contributed by atoms with van der Waals surface area (Å²) in [6, 6.07) is 12.6. The van der Waals surface area contributed by atoms with Crippen LogP contribution in [0.2, 0.25) is 0 Å². The van der Waals surface area contributed by atoms with Gasteiger partial charge in [-0.05, 0) is 46.1 Å². The third-order valence-corrected chi connectivity index (χ3v) is 6.17. The number of anilines is 1. The topological polar surface area (TPSA) is 68.5 Å². The van der Waals surface area contributed by atoms with Crippen LogP contribution in [0.25, 0.3) is 0 Å². The summed E-state index contributed by atoms with van der Waals surface area (Å²) in [4.78, 5) is 6.15. The molecule has 162 valence electrons. The fourth-order valence-electron chi connectivity index (χ4n) is 3.69. The van der Waals surface area contributed by atoms with Crippen molar-refractivity contribution in [2.75, 3.05) is 51.9 Å². The highest BCUT2D eigenvalue weighted by Crippen LogP contribution is 2.32. The Balaban J connectivity index is 0.00000256. The molecule has 0 spiro atoms. The van der Waals surface area contributed by atoms with Gasteiger partial charge in [-0.1, -0.05) is 6.07 Å². The lowest BCUT2D eigenvalue weighted by Crippen LogP contribution is -2.48. The number of rotatable bonds is 8. The maximum Gasteiger partial charge on any atom is 0.173 e. The predicted octanol–water partition coefficient (Wildman–Crippen LogP) is 2.72. The molecular weight excluding hydrogens is 424 g/mol. The van der Waals surface area contributed by atoms with Crippen molar-refractivity contribution >= 4 is 29.4 Å². The summed E-state index contributed by atoms with van der Waals surface area (Å²) in [7, 11) is 3.39. The van der Waals surface area contributed by atoms with E-state index in [1.165, 1.54) is 10.6 Å². The van der Waals surface area contributed by atoms with Crippen molar-refractivity contribution < 1.29 is 9.47 Å². The highest BCUT2D eigenvalue weighted by molar-refractivity contribution is 7.10. The molecule has 1 fully saturated rings. The van der Waals surface area contributed by atoms with E-state index in [1.807, 2.05) is 16.8 Å². The number of nitrogens with zero attached hydrogens (tertiary/aromatic N) is 6. The number of halogens is 1. The van der Waals surface area contributed by atoms with Gasteiger partial charge in [0.25, 0.3) is 0 Å². The Morgan fingerprint density at radius 1 is 1.07 bits per heavy atom. The molecule has 1 unspecified atom stereocenters. The molecule has 0 bridgehead atoms. The molecular formula is C20H27ClN6O2S. The van der Waals surface area contributed by atoms with Gasteiger partial charge in [0, 0.05) is 43.9 Å². The van der Waals surface area contributed by atoms with Crippen LogP contribution in [0.4, 0.5) is 5.69 Å². The van der Waals surface area contributed by atoms with E-state index in [4.69, 9.17) is 9.47 Å². The van der Waals surface area contributed by atoms with Gasteiger partial charge in [-0.3, -0.25) is 4.90 Å². The van der Waals surface area contributed by atoms with Crippen LogP contribution in [0.15, 0.2) is 41.8 Å². The smallest absolute Gasteiger partial charge is 0.173 e. The molecule has 1 aliphatic heterocycles. The first kappa shape index (κ1) is 22.5. The fraction of sp³-hybridized carbons (Fsp3) is 0.450. The molecule has 1 aliphatic rings. The fourth-order valence-corrected chi connectivity index (χ4v) is 4.55. The highest BCUT2D eigenvalue weighted by atomic mass is 35.5. The van der Waals surface area contributed by atoms with Gasteiger partial charge in [-0.2, -0.15) is 0 Å². The molecule has 4 rings (SSSR count). The molecule has 0 saturated carbocycles. The number of piperazine rings is 1. The van der Waals surface area contributed by atoms with Crippen LogP contribution in [-0.4, -0.2) is 72.1 Å². The van der Waals surface area contributed by atoms with E-state index >= 15 is 0 Å². The minimum absolute atomic E-state index is 0. The van der Waals surface area contributed by atoms with Crippen molar-refractivity contribution in [3.8, 4) is 5.75 Å². The molecule has 10 heteroatoms. The minimum Gasteiger partial charge on any atom is -0.497 e. The second-order valence-electron chi connectivity index (χ2n) is 6.89. The van der Waals surface area contributed by atoms with Gasteiger partial charge < -0.3 is 14.4 Å². The second kappa shape index (κ2) is 10.7. The van der Waals surface area contributed by atoms with Crippen LogP contribution in [0.1, 0.15) is 16.7 Å². The second-order valence-corrected chi connectivity index (χ2v) is 7.87. The van der Waals surface area contributed by atoms with Crippen LogP contribution in [-0.2, 0) is 11.3 Å². The zero-order valence-electron chi connectivity index (χ0n) is 17.2. The molecule has 2 aromatic heterocycles. The number of ether oxygens (including phenoxy) is 2. The Bertz CT molecular complexity index is 881. The van der Waals surface area contributed by atoms with Gasteiger partial charge in [-0.25, -0.2) is 4.68 Å². The Labute approximate surface area is 186 Å². The Morgan fingerprint density at radius 2 is 1.83 bits per heavy atom. The Hall–Kier alpha value is -2.20. The van der Waals surface area contributed by atoms with E-state index in [9.17, 15) is 0 Å². The van der Waals surface area contributed by atoms with Crippen molar-refractivity contribution in [2.24, 2.45) is 0 Å². The van der Waals surface area contributed by atoms with E-state index in [1.54, 1.807) is 25.6 Å². The molecule has 0 aliphatic carbocycles. The zero-order valence-corrected chi connectivity index (χ0v) is 18.8. The molecule has 0 radical (unpaired) electrons. The van der Waals surface area contributed by atoms with Gasteiger partial charge in [0.1, 0.15) is 11.8 Å². The van der Waals surface area contributed by atoms with Crippen molar-refractivity contribution in [3.63, 3.8) is 0 Å². The normalized spacial score (nSPS) is 15.6. The summed E-state index contributed by atoms with van der Waals surface area (Å²) >= 11 is 1.75. The van der Waals surface area contributed by atoms with Crippen molar-refractivity contribution in [2.45, 2.75) is 12.6 Å². The van der Waals surface area contributed by atoms with E-state index in [0.29, 0.717) is 13.2 Å². The van der Waals surface area contributed by atoms with Crippen molar-refractivity contribution in [1.29, 1.82) is 0 Å². The van der Waals surface area contributed by atoms with E-state index in [2.05, 4.69) is 55.0 Å². The Kier molecular flexibility index (Phi) is 8.03. The van der Waals surface area contributed by atoms with E-state index < -0.39 is 0 Å². The lowest BCUT2D eigenvalue weighted by Gasteiger charge is -2.39. The predicted molar refractivity (Wildman–Crippen MR) is 120 cm³/mol. The first-order valence-electron chi connectivity index (χ1n) is 9.71. The monoisotopic (exact) mass is 450 g/mol.